The highest BCUT2D eigenvalue weighted by atomic mass is 16.5. The van der Waals surface area contributed by atoms with Gasteiger partial charge in [-0.3, -0.25) is 4.79 Å². The molecule has 0 spiro atoms. The standard InChI is InChI=1S/C24H32N2O5/c1-26(2)24(30)15-31-21-7-4-16-3-6-20(12-19(16)13-21)25-14-23(29)17-5-8-22(28)18(11-17)9-10-27/h4-5,7-8,11,13,20,23,25,27-29H,3,6,9-10,12,14-15H2,1-2H3/t20-,23+/m1/s1. The lowest BCUT2D eigenvalue weighted by Crippen LogP contribution is -2.37. The molecule has 0 fully saturated rings. The number of benzene rings is 2. The van der Waals surface area contributed by atoms with Gasteiger partial charge in [0.15, 0.2) is 6.61 Å². The first-order valence-electron chi connectivity index (χ1n) is 10.7. The molecule has 4 N–H and O–H groups in total. The summed E-state index contributed by atoms with van der Waals surface area (Å²) in [4.78, 5) is 13.2. The van der Waals surface area contributed by atoms with Crippen molar-refractivity contribution in [2.24, 2.45) is 0 Å². The minimum absolute atomic E-state index is 0.0184. The number of phenolic OH excluding ortho intramolecular Hbond substituents is 1. The molecular weight excluding hydrogens is 396 g/mol. The van der Waals surface area contributed by atoms with Gasteiger partial charge in [0.2, 0.25) is 0 Å². The zero-order valence-electron chi connectivity index (χ0n) is 18.2. The second-order valence-corrected chi connectivity index (χ2v) is 8.23. The first-order valence-corrected chi connectivity index (χ1v) is 10.7. The van der Waals surface area contributed by atoms with E-state index in [9.17, 15) is 15.0 Å². The minimum Gasteiger partial charge on any atom is -0.508 e. The van der Waals surface area contributed by atoms with Gasteiger partial charge in [0, 0.05) is 33.3 Å². The van der Waals surface area contributed by atoms with Crippen LogP contribution in [0.25, 0.3) is 0 Å². The fraction of sp³-hybridized carbons (Fsp3) is 0.458. The number of hydrogen-bond acceptors (Lipinski definition) is 6. The van der Waals surface area contributed by atoms with Crippen LogP contribution in [0.1, 0.15) is 34.8 Å². The molecule has 0 saturated carbocycles. The van der Waals surface area contributed by atoms with Crippen LogP contribution < -0.4 is 10.1 Å². The number of carbonyl (C=O) groups excluding carboxylic acids is 1. The van der Waals surface area contributed by atoms with Crippen LogP contribution in [0.3, 0.4) is 0 Å². The third kappa shape index (κ3) is 6.19. The fourth-order valence-corrected chi connectivity index (χ4v) is 3.80. The van der Waals surface area contributed by atoms with E-state index < -0.39 is 6.10 Å². The normalized spacial score (nSPS) is 16.5. The van der Waals surface area contributed by atoms with Crippen molar-refractivity contribution in [2.45, 2.75) is 37.8 Å². The predicted molar refractivity (Wildman–Crippen MR) is 118 cm³/mol. The summed E-state index contributed by atoms with van der Waals surface area (Å²) in [6.07, 6.45) is 2.39. The molecule has 3 rings (SSSR count). The molecule has 0 heterocycles. The van der Waals surface area contributed by atoms with Crippen molar-refractivity contribution >= 4 is 5.91 Å². The van der Waals surface area contributed by atoms with Gasteiger partial charge in [0.1, 0.15) is 11.5 Å². The first kappa shape index (κ1) is 23.1. The van der Waals surface area contributed by atoms with E-state index in [4.69, 9.17) is 9.84 Å². The molecule has 0 aliphatic heterocycles. The number of hydrogen-bond donors (Lipinski definition) is 4. The molecule has 7 heteroatoms. The predicted octanol–water partition coefficient (Wildman–Crippen LogP) is 1.57. The quantitative estimate of drug-likeness (QED) is 0.484. The number of ether oxygens (including phenoxy) is 1. The smallest absolute Gasteiger partial charge is 0.259 e. The van der Waals surface area contributed by atoms with Crippen LogP contribution in [-0.2, 0) is 24.1 Å². The molecule has 1 aliphatic carbocycles. The number of carbonyl (C=O) groups is 1. The average molecular weight is 429 g/mol. The van der Waals surface area contributed by atoms with E-state index in [1.54, 1.807) is 32.3 Å². The van der Waals surface area contributed by atoms with Crippen molar-refractivity contribution in [3.8, 4) is 11.5 Å². The van der Waals surface area contributed by atoms with Crippen LogP contribution in [0.4, 0.5) is 0 Å². The molecule has 0 bridgehead atoms. The van der Waals surface area contributed by atoms with Crippen LogP contribution in [0, 0.1) is 0 Å². The second kappa shape index (κ2) is 10.6. The van der Waals surface area contributed by atoms with E-state index in [1.165, 1.54) is 16.0 Å². The molecule has 7 nitrogen and oxygen atoms in total. The van der Waals surface area contributed by atoms with Crippen molar-refractivity contribution in [2.75, 3.05) is 33.9 Å². The lowest BCUT2D eigenvalue weighted by molar-refractivity contribution is -0.130. The Kier molecular flexibility index (Phi) is 7.90. The summed E-state index contributed by atoms with van der Waals surface area (Å²) in [6.45, 7) is 0.364. The Bertz CT molecular complexity index is 900. The lowest BCUT2D eigenvalue weighted by atomic mass is 9.88. The van der Waals surface area contributed by atoms with Crippen LogP contribution in [-0.4, -0.2) is 66.0 Å². The Balaban J connectivity index is 1.56. The fourth-order valence-electron chi connectivity index (χ4n) is 3.80. The zero-order valence-corrected chi connectivity index (χ0v) is 18.2. The van der Waals surface area contributed by atoms with E-state index in [1.807, 2.05) is 12.1 Å². The first-order chi connectivity index (χ1) is 14.9. The van der Waals surface area contributed by atoms with Gasteiger partial charge in [-0.25, -0.2) is 0 Å². The van der Waals surface area contributed by atoms with Gasteiger partial charge >= 0.3 is 0 Å². The van der Waals surface area contributed by atoms with Crippen molar-refractivity contribution in [1.29, 1.82) is 0 Å². The van der Waals surface area contributed by atoms with E-state index >= 15 is 0 Å². The molecule has 168 valence electrons. The van der Waals surface area contributed by atoms with Crippen molar-refractivity contribution < 1.29 is 24.9 Å². The summed E-state index contributed by atoms with van der Waals surface area (Å²) in [5.74, 6) is 0.741. The highest BCUT2D eigenvalue weighted by Gasteiger charge is 2.20. The molecule has 1 amide bonds. The number of nitrogens with one attached hydrogen (secondary N) is 1. The molecule has 0 unspecified atom stereocenters. The summed E-state index contributed by atoms with van der Waals surface area (Å²) >= 11 is 0. The molecule has 31 heavy (non-hydrogen) atoms. The van der Waals surface area contributed by atoms with E-state index in [2.05, 4.69) is 11.4 Å². The number of nitrogens with zero attached hydrogens (tertiary/aromatic N) is 1. The Morgan fingerprint density at radius 2 is 2.03 bits per heavy atom. The van der Waals surface area contributed by atoms with Crippen molar-refractivity contribution in [3.63, 3.8) is 0 Å². The third-order valence-corrected chi connectivity index (χ3v) is 5.74. The maximum Gasteiger partial charge on any atom is 0.259 e. The number of phenols is 1. The molecule has 2 aromatic rings. The maximum absolute atomic E-state index is 11.7. The van der Waals surface area contributed by atoms with Crippen LogP contribution in [0.2, 0.25) is 0 Å². The highest BCUT2D eigenvalue weighted by Crippen LogP contribution is 2.27. The van der Waals surface area contributed by atoms with E-state index in [-0.39, 0.29) is 30.9 Å². The molecule has 1 aliphatic rings. The molecule has 2 aromatic carbocycles. The number of likely N-dealkylation sites (N-methyl/N-ethyl adjacent to an activating group) is 1. The monoisotopic (exact) mass is 428 g/mol. The Morgan fingerprint density at radius 3 is 2.77 bits per heavy atom. The molecular formula is C24H32N2O5. The Morgan fingerprint density at radius 1 is 1.23 bits per heavy atom. The zero-order chi connectivity index (χ0) is 22.4. The number of amides is 1. The van der Waals surface area contributed by atoms with Gasteiger partial charge in [-0.05, 0) is 72.2 Å². The summed E-state index contributed by atoms with van der Waals surface area (Å²) < 4.78 is 5.64. The maximum atomic E-state index is 11.7. The van der Waals surface area contributed by atoms with Gasteiger partial charge in [-0.1, -0.05) is 12.1 Å². The third-order valence-electron chi connectivity index (χ3n) is 5.74. The number of aryl methyl sites for hydroxylation is 1. The van der Waals surface area contributed by atoms with Crippen LogP contribution in [0.15, 0.2) is 36.4 Å². The minimum atomic E-state index is -0.703. The van der Waals surface area contributed by atoms with Crippen molar-refractivity contribution in [3.05, 3.63) is 58.7 Å². The van der Waals surface area contributed by atoms with Crippen LogP contribution in [0.5, 0.6) is 11.5 Å². The number of aromatic hydroxyl groups is 1. The SMILES string of the molecule is CN(C)C(=O)COc1ccc2c(c1)C[C@H](NC[C@H](O)c1ccc(O)c(CCO)c1)CC2. The molecule has 0 saturated heterocycles. The molecule has 0 aromatic heterocycles. The van der Waals surface area contributed by atoms with Gasteiger partial charge in [0.05, 0.1) is 6.10 Å². The summed E-state index contributed by atoms with van der Waals surface area (Å²) in [5.41, 5.74) is 3.83. The highest BCUT2D eigenvalue weighted by molar-refractivity contribution is 5.77. The Labute approximate surface area is 183 Å². The van der Waals surface area contributed by atoms with E-state index in [0.29, 0.717) is 29.8 Å². The van der Waals surface area contributed by atoms with Crippen LogP contribution >= 0.6 is 0 Å². The van der Waals surface area contributed by atoms with Crippen molar-refractivity contribution in [1.82, 2.24) is 10.2 Å². The largest absolute Gasteiger partial charge is 0.508 e. The van der Waals surface area contributed by atoms with E-state index in [0.717, 1.165) is 19.3 Å². The molecule has 0 radical (unpaired) electrons. The van der Waals surface area contributed by atoms with Gasteiger partial charge in [0.25, 0.3) is 5.91 Å². The lowest BCUT2D eigenvalue weighted by Gasteiger charge is -2.27. The molecule has 2 atom stereocenters. The number of rotatable bonds is 9. The summed E-state index contributed by atoms with van der Waals surface area (Å²) in [5, 5.41) is 33.0. The summed E-state index contributed by atoms with van der Waals surface area (Å²) in [6, 6.07) is 11.2. The second-order valence-electron chi connectivity index (χ2n) is 8.23. The van der Waals surface area contributed by atoms with Gasteiger partial charge in [-0.2, -0.15) is 0 Å². The number of aliphatic hydroxyl groups excluding tert-OH is 2. The number of aliphatic hydroxyl groups is 2. The average Bonchev–Trinajstić information content (AvgIpc) is 2.76. The number of fused-ring (bicyclic) bond motifs is 1. The van der Waals surface area contributed by atoms with Gasteiger partial charge < -0.3 is 30.3 Å². The Hall–Kier alpha value is -2.61. The topological polar surface area (TPSA) is 102 Å². The summed E-state index contributed by atoms with van der Waals surface area (Å²) in [7, 11) is 3.41. The van der Waals surface area contributed by atoms with Gasteiger partial charge in [-0.15, -0.1) is 0 Å².